The molecule has 0 spiro atoms. The summed E-state index contributed by atoms with van der Waals surface area (Å²) in [5.74, 6) is 0.729. The van der Waals surface area contributed by atoms with E-state index in [0.29, 0.717) is 11.8 Å². The predicted molar refractivity (Wildman–Crippen MR) is 72.6 cm³/mol. The molecule has 0 aliphatic heterocycles. The second-order valence-corrected chi connectivity index (χ2v) is 5.68. The normalized spacial score (nSPS) is 27.0. The summed E-state index contributed by atoms with van der Waals surface area (Å²) in [7, 11) is 0. The molecule has 0 bridgehead atoms. The van der Waals surface area contributed by atoms with Crippen LogP contribution >= 0.6 is 0 Å². The molecule has 0 amide bonds. The van der Waals surface area contributed by atoms with Gasteiger partial charge in [-0.2, -0.15) is 0 Å². The Morgan fingerprint density at radius 2 is 1.89 bits per heavy atom. The molecular formula is C14H19FN2O2. The first kappa shape index (κ1) is 13.8. The van der Waals surface area contributed by atoms with Gasteiger partial charge in [-0.15, -0.1) is 0 Å². The molecule has 1 aromatic rings. The van der Waals surface area contributed by atoms with E-state index in [2.05, 4.69) is 19.2 Å². The van der Waals surface area contributed by atoms with E-state index in [-0.39, 0.29) is 17.4 Å². The molecule has 1 aliphatic carbocycles. The molecule has 1 aromatic carbocycles. The SMILES string of the molecule is CC1CC(C)CC(Nc2cc(F)ccc2[N+](=O)[O-])C1. The maximum Gasteiger partial charge on any atom is 0.292 e. The monoisotopic (exact) mass is 266 g/mol. The molecule has 2 unspecified atom stereocenters. The molecule has 0 saturated heterocycles. The first-order valence-electron chi connectivity index (χ1n) is 6.66. The van der Waals surface area contributed by atoms with Crippen molar-refractivity contribution < 1.29 is 9.31 Å². The third-order valence-electron chi connectivity index (χ3n) is 3.69. The fourth-order valence-electron chi connectivity index (χ4n) is 3.07. The van der Waals surface area contributed by atoms with E-state index in [1.165, 1.54) is 18.6 Å². The summed E-state index contributed by atoms with van der Waals surface area (Å²) >= 11 is 0. The zero-order valence-corrected chi connectivity index (χ0v) is 11.2. The Morgan fingerprint density at radius 1 is 1.26 bits per heavy atom. The van der Waals surface area contributed by atoms with Crippen molar-refractivity contribution in [2.45, 2.75) is 39.2 Å². The van der Waals surface area contributed by atoms with E-state index >= 15 is 0 Å². The van der Waals surface area contributed by atoms with Gasteiger partial charge in [0.15, 0.2) is 0 Å². The number of nitrogens with zero attached hydrogens (tertiary/aromatic N) is 1. The molecule has 0 aromatic heterocycles. The van der Waals surface area contributed by atoms with Crippen molar-refractivity contribution >= 4 is 11.4 Å². The first-order chi connectivity index (χ1) is 8.95. The van der Waals surface area contributed by atoms with Crippen LogP contribution in [0.3, 0.4) is 0 Å². The van der Waals surface area contributed by atoms with Gasteiger partial charge in [0.25, 0.3) is 5.69 Å². The van der Waals surface area contributed by atoms with Crippen LogP contribution in [0.25, 0.3) is 0 Å². The van der Waals surface area contributed by atoms with Crippen molar-refractivity contribution in [1.29, 1.82) is 0 Å². The average molecular weight is 266 g/mol. The average Bonchev–Trinajstić information content (AvgIpc) is 2.26. The molecule has 0 radical (unpaired) electrons. The lowest BCUT2D eigenvalue weighted by Crippen LogP contribution is -2.30. The summed E-state index contributed by atoms with van der Waals surface area (Å²) in [6.45, 7) is 4.37. The van der Waals surface area contributed by atoms with Gasteiger partial charge in [-0.05, 0) is 37.2 Å². The number of halogens is 1. The van der Waals surface area contributed by atoms with Crippen molar-refractivity contribution in [3.63, 3.8) is 0 Å². The van der Waals surface area contributed by atoms with E-state index in [9.17, 15) is 14.5 Å². The smallest absolute Gasteiger partial charge is 0.292 e. The lowest BCUT2D eigenvalue weighted by atomic mass is 9.80. The number of nitro groups is 1. The Labute approximate surface area is 112 Å². The molecule has 1 saturated carbocycles. The highest BCUT2D eigenvalue weighted by molar-refractivity contribution is 5.61. The fourth-order valence-corrected chi connectivity index (χ4v) is 3.07. The number of hydrogen-bond donors (Lipinski definition) is 1. The van der Waals surface area contributed by atoms with E-state index in [1.54, 1.807) is 0 Å². The molecule has 104 valence electrons. The standard InChI is InChI=1S/C14H19FN2O2/c1-9-5-10(2)7-12(6-9)16-13-8-11(15)3-4-14(13)17(18)19/h3-4,8-10,12,16H,5-7H2,1-2H3. The van der Waals surface area contributed by atoms with Crippen LogP contribution < -0.4 is 5.32 Å². The number of benzene rings is 1. The highest BCUT2D eigenvalue weighted by Crippen LogP contribution is 2.33. The number of nitro benzene ring substituents is 1. The lowest BCUT2D eigenvalue weighted by Gasteiger charge is -2.32. The van der Waals surface area contributed by atoms with Crippen molar-refractivity contribution in [2.75, 3.05) is 5.32 Å². The largest absolute Gasteiger partial charge is 0.377 e. The van der Waals surface area contributed by atoms with Crippen LogP contribution in [0.1, 0.15) is 33.1 Å². The van der Waals surface area contributed by atoms with Crippen LogP contribution in [0.2, 0.25) is 0 Å². The summed E-state index contributed by atoms with van der Waals surface area (Å²) in [5, 5.41) is 14.1. The first-order valence-corrected chi connectivity index (χ1v) is 6.66. The Hall–Kier alpha value is -1.65. The van der Waals surface area contributed by atoms with Crippen LogP contribution in [0.4, 0.5) is 15.8 Å². The van der Waals surface area contributed by atoms with Gasteiger partial charge in [0.05, 0.1) is 4.92 Å². The topological polar surface area (TPSA) is 55.2 Å². The predicted octanol–water partition coefficient (Wildman–Crippen LogP) is 3.97. The van der Waals surface area contributed by atoms with Gasteiger partial charge >= 0.3 is 0 Å². The van der Waals surface area contributed by atoms with Gasteiger partial charge in [-0.1, -0.05) is 13.8 Å². The Kier molecular flexibility index (Phi) is 4.02. The van der Waals surface area contributed by atoms with Crippen LogP contribution in [-0.4, -0.2) is 11.0 Å². The van der Waals surface area contributed by atoms with Gasteiger partial charge in [0, 0.05) is 18.2 Å². The molecule has 5 heteroatoms. The van der Waals surface area contributed by atoms with E-state index in [1.807, 2.05) is 0 Å². The minimum atomic E-state index is -0.475. The molecule has 0 heterocycles. The highest BCUT2D eigenvalue weighted by atomic mass is 19.1. The molecule has 19 heavy (non-hydrogen) atoms. The lowest BCUT2D eigenvalue weighted by molar-refractivity contribution is -0.384. The minimum Gasteiger partial charge on any atom is -0.377 e. The molecular weight excluding hydrogens is 247 g/mol. The second-order valence-electron chi connectivity index (χ2n) is 5.68. The molecule has 2 atom stereocenters. The van der Waals surface area contributed by atoms with Crippen molar-refractivity contribution in [2.24, 2.45) is 11.8 Å². The van der Waals surface area contributed by atoms with E-state index < -0.39 is 10.7 Å². The number of anilines is 1. The molecule has 4 nitrogen and oxygen atoms in total. The fraction of sp³-hybridized carbons (Fsp3) is 0.571. The summed E-state index contributed by atoms with van der Waals surface area (Å²) in [6, 6.07) is 3.73. The van der Waals surface area contributed by atoms with Gasteiger partial charge in [0.2, 0.25) is 0 Å². The maximum atomic E-state index is 13.3. The van der Waals surface area contributed by atoms with Gasteiger partial charge < -0.3 is 5.32 Å². The number of hydrogen-bond acceptors (Lipinski definition) is 3. The van der Waals surface area contributed by atoms with Crippen molar-refractivity contribution in [3.05, 3.63) is 34.1 Å². The third-order valence-corrected chi connectivity index (χ3v) is 3.69. The van der Waals surface area contributed by atoms with Gasteiger partial charge in [-0.3, -0.25) is 10.1 Å². The second kappa shape index (κ2) is 5.55. The van der Waals surface area contributed by atoms with E-state index in [0.717, 1.165) is 18.9 Å². The zero-order valence-electron chi connectivity index (χ0n) is 11.2. The van der Waals surface area contributed by atoms with Crippen molar-refractivity contribution in [3.8, 4) is 0 Å². The van der Waals surface area contributed by atoms with Gasteiger partial charge in [0.1, 0.15) is 11.5 Å². The number of rotatable bonds is 3. The zero-order chi connectivity index (χ0) is 14.0. The summed E-state index contributed by atoms with van der Waals surface area (Å²) in [4.78, 5) is 10.5. The van der Waals surface area contributed by atoms with Crippen molar-refractivity contribution in [1.82, 2.24) is 0 Å². The minimum absolute atomic E-state index is 0.0627. The molecule has 1 aliphatic rings. The Bertz CT molecular complexity index is 469. The Balaban J connectivity index is 2.18. The van der Waals surface area contributed by atoms with Crippen LogP contribution in [0, 0.1) is 27.8 Å². The summed E-state index contributed by atoms with van der Waals surface area (Å²) in [6.07, 6.45) is 3.12. The Morgan fingerprint density at radius 3 is 2.47 bits per heavy atom. The van der Waals surface area contributed by atoms with Crippen LogP contribution in [0.15, 0.2) is 18.2 Å². The van der Waals surface area contributed by atoms with E-state index in [4.69, 9.17) is 0 Å². The van der Waals surface area contributed by atoms with Crippen LogP contribution in [0.5, 0.6) is 0 Å². The quantitative estimate of drug-likeness (QED) is 0.665. The third kappa shape index (κ3) is 3.43. The summed E-state index contributed by atoms with van der Waals surface area (Å²) < 4.78 is 13.3. The van der Waals surface area contributed by atoms with Crippen LogP contribution in [-0.2, 0) is 0 Å². The molecule has 1 fully saturated rings. The molecule has 2 rings (SSSR count). The summed E-state index contributed by atoms with van der Waals surface area (Å²) in [5.41, 5.74) is 0.226. The van der Waals surface area contributed by atoms with Gasteiger partial charge in [-0.25, -0.2) is 4.39 Å². The maximum absolute atomic E-state index is 13.3. The highest BCUT2D eigenvalue weighted by Gasteiger charge is 2.25. The number of nitrogens with one attached hydrogen (secondary N) is 1. The molecule has 1 N–H and O–H groups in total.